The van der Waals surface area contributed by atoms with Gasteiger partial charge in [0.05, 0.1) is 0 Å². The van der Waals surface area contributed by atoms with Gasteiger partial charge in [0, 0.05) is 25.5 Å². The number of hydrogen-bond acceptors (Lipinski definition) is 2. The lowest BCUT2D eigenvalue weighted by atomic mass is 10.1. The van der Waals surface area contributed by atoms with Crippen molar-refractivity contribution >= 4 is 0 Å². The van der Waals surface area contributed by atoms with Crippen LogP contribution in [0.5, 0.6) is 0 Å². The average molecular weight is 309 g/mol. The number of rotatable bonds is 14. The molecular weight excluding hydrogens is 268 g/mol. The molecule has 0 N–H and O–H groups in total. The van der Waals surface area contributed by atoms with Gasteiger partial charge in [-0.15, -0.1) is 0 Å². The lowest BCUT2D eigenvalue weighted by Crippen LogP contribution is -2.38. The van der Waals surface area contributed by atoms with Gasteiger partial charge in [-0.25, -0.2) is 0 Å². The predicted octanol–water partition coefficient (Wildman–Crippen LogP) is 6.14. The van der Waals surface area contributed by atoms with Crippen LogP contribution in [0.3, 0.4) is 0 Å². The summed E-state index contributed by atoms with van der Waals surface area (Å²) < 4.78 is 0. The molecule has 0 saturated heterocycles. The van der Waals surface area contributed by atoms with Gasteiger partial charge in [0.25, 0.3) is 0 Å². The van der Waals surface area contributed by atoms with Crippen LogP contribution in [-0.4, -0.2) is 29.1 Å². The molecule has 0 bridgehead atoms. The maximum absolute atomic E-state index is 2.57. The zero-order chi connectivity index (χ0) is 16.0. The van der Waals surface area contributed by atoms with E-state index in [0.717, 1.165) is 6.54 Å². The van der Waals surface area contributed by atoms with E-state index >= 15 is 0 Å². The lowest BCUT2D eigenvalue weighted by Gasteiger charge is -2.32. The van der Waals surface area contributed by atoms with Gasteiger partial charge >= 0.3 is 0 Å². The second-order valence-electron chi connectivity index (χ2n) is 6.82. The Balaban J connectivity index is 1.99. The molecule has 2 heteroatoms. The smallest absolute Gasteiger partial charge is 0.101 e. The molecule has 130 valence electrons. The Hall–Kier alpha value is -0.660. The van der Waals surface area contributed by atoms with Crippen LogP contribution in [0, 0.1) is 0 Å². The van der Waals surface area contributed by atoms with E-state index in [2.05, 4.69) is 43.0 Å². The topological polar surface area (TPSA) is 6.48 Å². The standard InChI is InChI=1S/C20H40N2/c1-4-7-8-9-10-11-12-13-14-15-17-22-19-18-21(6-3)20(22)16-5-2/h18-20H,4-17H2,1-3H3. The largest absolute Gasteiger partial charge is 0.356 e. The number of unbranched alkanes of at least 4 members (excludes halogenated alkanes) is 9. The Morgan fingerprint density at radius 3 is 1.73 bits per heavy atom. The first-order valence-corrected chi connectivity index (χ1v) is 10.0. The van der Waals surface area contributed by atoms with Gasteiger partial charge in [-0.05, 0) is 19.8 Å². The molecule has 0 aliphatic carbocycles. The van der Waals surface area contributed by atoms with Gasteiger partial charge in [-0.3, -0.25) is 0 Å². The van der Waals surface area contributed by atoms with Crippen molar-refractivity contribution in [3.8, 4) is 0 Å². The summed E-state index contributed by atoms with van der Waals surface area (Å²) in [5.41, 5.74) is 0. The number of nitrogens with zero attached hydrogens (tertiary/aromatic N) is 2. The molecule has 1 rings (SSSR count). The summed E-state index contributed by atoms with van der Waals surface area (Å²) in [4.78, 5) is 5.05. The molecule has 0 aromatic heterocycles. The highest BCUT2D eigenvalue weighted by Crippen LogP contribution is 2.20. The minimum Gasteiger partial charge on any atom is -0.356 e. The first-order chi connectivity index (χ1) is 10.8. The van der Waals surface area contributed by atoms with Gasteiger partial charge in [0.2, 0.25) is 0 Å². The van der Waals surface area contributed by atoms with Gasteiger partial charge in [-0.1, -0.05) is 78.1 Å². The van der Waals surface area contributed by atoms with Crippen molar-refractivity contribution in [3.05, 3.63) is 12.4 Å². The molecule has 0 amide bonds. The predicted molar refractivity (Wildman–Crippen MR) is 98.8 cm³/mol. The zero-order valence-corrected chi connectivity index (χ0v) is 15.5. The van der Waals surface area contributed by atoms with Gasteiger partial charge < -0.3 is 9.80 Å². The summed E-state index contributed by atoms with van der Waals surface area (Å²) in [5, 5.41) is 0. The van der Waals surface area contributed by atoms with Crippen molar-refractivity contribution in [1.82, 2.24) is 9.80 Å². The van der Waals surface area contributed by atoms with Crippen molar-refractivity contribution in [1.29, 1.82) is 0 Å². The minimum atomic E-state index is 0.633. The molecule has 0 aromatic carbocycles. The molecule has 0 aromatic rings. The van der Waals surface area contributed by atoms with Gasteiger partial charge in [0.15, 0.2) is 0 Å². The van der Waals surface area contributed by atoms with E-state index < -0.39 is 0 Å². The minimum absolute atomic E-state index is 0.633. The number of hydrogen-bond donors (Lipinski definition) is 0. The third kappa shape index (κ3) is 7.56. The molecule has 1 heterocycles. The van der Waals surface area contributed by atoms with E-state index in [9.17, 15) is 0 Å². The Morgan fingerprint density at radius 2 is 1.18 bits per heavy atom. The molecular formula is C20H40N2. The van der Waals surface area contributed by atoms with Crippen molar-refractivity contribution in [2.75, 3.05) is 13.1 Å². The maximum Gasteiger partial charge on any atom is 0.101 e. The monoisotopic (exact) mass is 308 g/mol. The fourth-order valence-electron chi connectivity index (χ4n) is 3.47. The maximum atomic E-state index is 2.57. The Bertz CT molecular complexity index is 275. The quantitative estimate of drug-likeness (QED) is 0.355. The molecule has 1 aliphatic rings. The van der Waals surface area contributed by atoms with Crippen LogP contribution in [-0.2, 0) is 0 Å². The van der Waals surface area contributed by atoms with Crippen molar-refractivity contribution in [2.24, 2.45) is 0 Å². The van der Waals surface area contributed by atoms with Crippen LogP contribution in [0.4, 0.5) is 0 Å². The van der Waals surface area contributed by atoms with Crippen LogP contribution in [0.25, 0.3) is 0 Å². The molecule has 22 heavy (non-hydrogen) atoms. The third-order valence-corrected chi connectivity index (χ3v) is 4.90. The highest BCUT2D eigenvalue weighted by atomic mass is 15.4. The average Bonchev–Trinajstić information content (AvgIpc) is 2.92. The molecule has 0 saturated carbocycles. The summed E-state index contributed by atoms with van der Waals surface area (Å²) >= 11 is 0. The molecule has 0 spiro atoms. The lowest BCUT2D eigenvalue weighted by molar-refractivity contribution is 0.145. The van der Waals surface area contributed by atoms with E-state index in [-0.39, 0.29) is 0 Å². The molecule has 1 atom stereocenters. The Labute approximate surface area is 139 Å². The van der Waals surface area contributed by atoms with E-state index in [0.29, 0.717) is 6.17 Å². The third-order valence-electron chi connectivity index (χ3n) is 4.90. The molecule has 0 fully saturated rings. The van der Waals surface area contributed by atoms with Crippen LogP contribution in [0.15, 0.2) is 12.4 Å². The second kappa shape index (κ2) is 12.8. The Kier molecular flexibility index (Phi) is 11.3. The summed E-state index contributed by atoms with van der Waals surface area (Å²) in [6, 6.07) is 0. The van der Waals surface area contributed by atoms with E-state index in [1.165, 1.54) is 83.6 Å². The van der Waals surface area contributed by atoms with E-state index in [4.69, 9.17) is 0 Å². The second-order valence-corrected chi connectivity index (χ2v) is 6.82. The summed E-state index contributed by atoms with van der Waals surface area (Å²) in [7, 11) is 0. The van der Waals surface area contributed by atoms with Crippen LogP contribution < -0.4 is 0 Å². The normalized spacial score (nSPS) is 17.7. The van der Waals surface area contributed by atoms with Crippen molar-refractivity contribution in [3.63, 3.8) is 0 Å². The SMILES string of the molecule is CCCCCCCCCCCCN1C=CN(CC)C1CCC. The van der Waals surface area contributed by atoms with Crippen LogP contribution in [0.1, 0.15) is 97.8 Å². The van der Waals surface area contributed by atoms with Gasteiger partial charge in [-0.2, -0.15) is 0 Å². The highest BCUT2D eigenvalue weighted by Gasteiger charge is 2.23. The van der Waals surface area contributed by atoms with Gasteiger partial charge in [0.1, 0.15) is 6.17 Å². The van der Waals surface area contributed by atoms with E-state index in [1.54, 1.807) is 0 Å². The molecule has 1 aliphatic heterocycles. The molecule has 1 unspecified atom stereocenters. The fraction of sp³-hybridized carbons (Fsp3) is 0.900. The van der Waals surface area contributed by atoms with E-state index in [1.807, 2.05) is 0 Å². The Morgan fingerprint density at radius 1 is 0.636 bits per heavy atom. The first kappa shape index (κ1) is 19.4. The summed E-state index contributed by atoms with van der Waals surface area (Å²) in [6.45, 7) is 9.23. The molecule has 2 nitrogen and oxygen atoms in total. The highest BCUT2D eigenvalue weighted by molar-refractivity contribution is 4.96. The first-order valence-electron chi connectivity index (χ1n) is 10.0. The fourth-order valence-corrected chi connectivity index (χ4v) is 3.47. The summed E-state index contributed by atoms with van der Waals surface area (Å²) in [5.74, 6) is 0. The van der Waals surface area contributed by atoms with Crippen LogP contribution >= 0.6 is 0 Å². The molecule has 0 radical (unpaired) electrons. The zero-order valence-electron chi connectivity index (χ0n) is 15.5. The summed E-state index contributed by atoms with van der Waals surface area (Å²) in [6.07, 6.45) is 22.1. The van der Waals surface area contributed by atoms with Crippen LogP contribution in [0.2, 0.25) is 0 Å². The van der Waals surface area contributed by atoms with Crippen molar-refractivity contribution < 1.29 is 0 Å². The van der Waals surface area contributed by atoms with Crippen molar-refractivity contribution in [2.45, 2.75) is 104 Å².